The summed E-state index contributed by atoms with van der Waals surface area (Å²) in [5, 5.41) is 7.47. The number of carbonyl (C=O) groups is 2. The zero-order valence-electron chi connectivity index (χ0n) is 8.95. The first-order valence-electron chi connectivity index (χ1n) is 5.16. The van der Waals surface area contributed by atoms with E-state index < -0.39 is 0 Å². The van der Waals surface area contributed by atoms with Crippen LogP contribution in [0.1, 0.15) is 30.3 Å². The van der Waals surface area contributed by atoms with Crippen LogP contribution in [0.5, 0.6) is 0 Å². The lowest BCUT2D eigenvalue weighted by molar-refractivity contribution is -0.114. The van der Waals surface area contributed by atoms with E-state index >= 15 is 0 Å². The number of thiazole rings is 1. The lowest BCUT2D eigenvalue weighted by Gasteiger charge is -2.00. The minimum atomic E-state index is -0.181. The largest absolute Gasteiger partial charge is 0.350 e. The van der Waals surface area contributed by atoms with Gasteiger partial charge in [-0.2, -0.15) is 0 Å². The molecule has 0 saturated heterocycles. The summed E-state index contributed by atoms with van der Waals surface area (Å²) in [5.41, 5.74) is 0.370. The molecule has 2 N–H and O–H groups in total. The Morgan fingerprint density at radius 2 is 2.31 bits per heavy atom. The Bertz CT molecular complexity index is 412. The number of nitrogens with zero attached hydrogens (tertiary/aromatic N) is 1. The molecule has 86 valence electrons. The van der Waals surface area contributed by atoms with Crippen molar-refractivity contribution in [3.05, 3.63) is 11.1 Å². The Hall–Kier alpha value is -1.43. The Morgan fingerprint density at radius 1 is 1.56 bits per heavy atom. The third-order valence-corrected chi connectivity index (χ3v) is 3.03. The van der Waals surface area contributed by atoms with E-state index in [0.717, 1.165) is 6.54 Å². The maximum Gasteiger partial charge on any atom is 0.270 e. The van der Waals surface area contributed by atoms with Gasteiger partial charge in [-0.1, -0.05) is 0 Å². The fourth-order valence-corrected chi connectivity index (χ4v) is 1.97. The minimum absolute atomic E-state index is 0.167. The fraction of sp³-hybridized carbons (Fsp3) is 0.500. The van der Waals surface area contributed by atoms with Crippen molar-refractivity contribution in [3.8, 4) is 0 Å². The van der Waals surface area contributed by atoms with Crippen LogP contribution in [-0.2, 0) is 4.79 Å². The molecule has 0 aliphatic heterocycles. The Kier molecular flexibility index (Phi) is 3.19. The monoisotopic (exact) mass is 239 g/mol. The van der Waals surface area contributed by atoms with Crippen LogP contribution >= 0.6 is 11.3 Å². The second-order valence-corrected chi connectivity index (χ2v) is 4.73. The van der Waals surface area contributed by atoms with E-state index in [1.165, 1.54) is 31.1 Å². The molecular weight excluding hydrogens is 226 g/mol. The number of amides is 2. The highest BCUT2D eigenvalue weighted by Gasteiger charge is 2.22. The first-order chi connectivity index (χ1) is 7.65. The van der Waals surface area contributed by atoms with E-state index in [-0.39, 0.29) is 11.8 Å². The first-order valence-corrected chi connectivity index (χ1v) is 6.04. The number of aromatic nitrogens is 1. The van der Waals surface area contributed by atoms with Crippen molar-refractivity contribution >= 4 is 28.3 Å². The molecule has 0 bridgehead atoms. The molecule has 1 aromatic rings. The quantitative estimate of drug-likeness (QED) is 0.830. The van der Waals surface area contributed by atoms with Crippen LogP contribution in [0.15, 0.2) is 5.38 Å². The van der Waals surface area contributed by atoms with E-state index in [1.807, 2.05) is 0 Å². The highest BCUT2D eigenvalue weighted by Crippen LogP contribution is 2.27. The van der Waals surface area contributed by atoms with Gasteiger partial charge in [-0.05, 0) is 18.8 Å². The van der Waals surface area contributed by atoms with E-state index in [9.17, 15) is 9.59 Å². The fourth-order valence-electron chi connectivity index (χ4n) is 1.24. The first kappa shape index (κ1) is 11.1. The Balaban J connectivity index is 1.89. The van der Waals surface area contributed by atoms with Crippen LogP contribution in [-0.4, -0.2) is 23.3 Å². The predicted molar refractivity (Wildman–Crippen MR) is 61.5 cm³/mol. The molecule has 1 aromatic heterocycles. The minimum Gasteiger partial charge on any atom is -0.350 e. The van der Waals surface area contributed by atoms with Crippen LogP contribution in [0, 0.1) is 5.92 Å². The Labute approximate surface area is 97.3 Å². The smallest absolute Gasteiger partial charge is 0.270 e. The van der Waals surface area contributed by atoms with Gasteiger partial charge in [0.25, 0.3) is 5.91 Å². The molecule has 1 heterocycles. The average Bonchev–Trinajstić information content (AvgIpc) is 2.94. The van der Waals surface area contributed by atoms with Gasteiger partial charge in [-0.15, -0.1) is 11.3 Å². The van der Waals surface area contributed by atoms with E-state index in [2.05, 4.69) is 15.6 Å². The van der Waals surface area contributed by atoms with Crippen molar-refractivity contribution in [2.75, 3.05) is 11.9 Å². The standard InChI is InChI=1S/C10H13N3O2S/c1-6(14)12-10-13-8(5-16-10)9(15)11-4-7-2-3-7/h5,7H,2-4H2,1H3,(H,11,15)(H,12,13,14). The van der Waals surface area contributed by atoms with Crippen molar-refractivity contribution in [1.82, 2.24) is 10.3 Å². The SMILES string of the molecule is CC(=O)Nc1nc(C(=O)NCC2CC2)cs1. The van der Waals surface area contributed by atoms with Crippen LogP contribution in [0.25, 0.3) is 0 Å². The average molecular weight is 239 g/mol. The normalized spacial score (nSPS) is 14.6. The second kappa shape index (κ2) is 4.61. The summed E-state index contributed by atoms with van der Waals surface area (Å²) in [6.07, 6.45) is 2.41. The maximum atomic E-state index is 11.6. The van der Waals surface area contributed by atoms with Crippen molar-refractivity contribution in [2.45, 2.75) is 19.8 Å². The highest BCUT2D eigenvalue weighted by molar-refractivity contribution is 7.14. The highest BCUT2D eigenvalue weighted by atomic mass is 32.1. The lowest BCUT2D eigenvalue weighted by atomic mass is 10.4. The van der Waals surface area contributed by atoms with Gasteiger partial charge in [0.15, 0.2) is 5.13 Å². The molecule has 0 atom stereocenters. The number of hydrogen-bond donors (Lipinski definition) is 2. The lowest BCUT2D eigenvalue weighted by Crippen LogP contribution is -2.25. The number of anilines is 1. The van der Waals surface area contributed by atoms with Crippen molar-refractivity contribution in [1.29, 1.82) is 0 Å². The molecule has 0 aromatic carbocycles. The van der Waals surface area contributed by atoms with Gasteiger partial charge >= 0.3 is 0 Å². The van der Waals surface area contributed by atoms with E-state index in [1.54, 1.807) is 5.38 Å². The van der Waals surface area contributed by atoms with Crippen molar-refractivity contribution in [3.63, 3.8) is 0 Å². The molecule has 0 spiro atoms. The Morgan fingerprint density at radius 3 is 2.94 bits per heavy atom. The molecule has 0 unspecified atom stereocenters. The van der Waals surface area contributed by atoms with Crippen molar-refractivity contribution < 1.29 is 9.59 Å². The summed E-state index contributed by atoms with van der Waals surface area (Å²) in [4.78, 5) is 26.4. The van der Waals surface area contributed by atoms with Gasteiger partial charge in [-0.25, -0.2) is 4.98 Å². The van der Waals surface area contributed by atoms with Gasteiger partial charge in [0.1, 0.15) is 5.69 Å². The van der Waals surface area contributed by atoms with Crippen LogP contribution in [0.2, 0.25) is 0 Å². The van der Waals surface area contributed by atoms with E-state index in [4.69, 9.17) is 0 Å². The number of rotatable bonds is 4. The molecule has 0 radical (unpaired) electrons. The molecule has 2 rings (SSSR count). The van der Waals surface area contributed by atoms with Gasteiger partial charge in [0.2, 0.25) is 5.91 Å². The van der Waals surface area contributed by atoms with Gasteiger partial charge in [0, 0.05) is 18.8 Å². The summed E-state index contributed by atoms with van der Waals surface area (Å²) >= 11 is 1.25. The molecule has 1 fully saturated rings. The predicted octanol–water partition coefficient (Wildman–Crippen LogP) is 1.24. The van der Waals surface area contributed by atoms with Gasteiger partial charge < -0.3 is 10.6 Å². The molecule has 6 heteroatoms. The summed E-state index contributed by atoms with van der Waals surface area (Å²) in [5.74, 6) is 0.302. The summed E-state index contributed by atoms with van der Waals surface area (Å²) in [6.45, 7) is 2.14. The van der Waals surface area contributed by atoms with Crippen LogP contribution in [0.4, 0.5) is 5.13 Å². The zero-order chi connectivity index (χ0) is 11.5. The van der Waals surface area contributed by atoms with Gasteiger partial charge in [-0.3, -0.25) is 9.59 Å². The number of hydrogen-bond acceptors (Lipinski definition) is 4. The molecule has 1 saturated carbocycles. The molecule has 16 heavy (non-hydrogen) atoms. The van der Waals surface area contributed by atoms with Crippen molar-refractivity contribution in [2.24, 2.45) is 5.92 Å². The van der Waals surface area contributed by atoms with Crippen LogP contribution < -0.4 is 10.6 Å². The summed E-state index contributed by atoms with van der Waals surface area (Å²) in [6, 6.07) is 0. The van der Waals surface area contributed by atoms with Gasteiger partial charge in [0.05, 0.1) is 0 Å². The number of carbonyl (C=O) groups excluding carboxylic acids is 2. The number of nitrogens with one attached hydrogen (secondary N) is 2. The summed E-state index contributed by atoms with van der Waals surface area (Å²) < 4.78 is 0. The topological polar surface area (TPSA) is 71.1 Å². The molecule has 1 aliphatic carbocycles. The second-order valence-electron chi connectivity index (χ2n) is 3.87. The van der Waals surface area contributed by atoms with Crippen LogP contribution in [0.3, 0.4) is 0 Å². The zero-order valence-corrected chi connectivity index (χ0v) is 9.76. The summed E-state index contributed by atoms with van der Waals surface area (Å²) in [7, 11) is 0. The molecule has 2 amide bonds. The molecular formula is C10H13N3O2S. The third kappa shape index (κ3) is 3.03. The third-order valence-electron chi connectivity index (χ3n) is 2.27. The molecule has 1 aliphatic rings. The maximum absolute atomic E-state index is 11.6. The molecule has 5 nitrogen and oxygen atoms in total. The van der Waals surface area contributed by atoms with E-state index in [0.29, 0.717) is 16.7 Å².